The van der Waals surface area contributed by atoms with Crippen LogP contribution in [0, 0.1) is 4.64 Å². The molecule has 0 spiro atoms. The molecular formula is C13H14BrN3S. The fourth-order valence-corrected chi connectivity index (χ4v) is 2.98. The largest absolute Gasteiger partial charge is 0.342 e. The Labute approximate surface area is 119 Å². The van der Waals surface area contributed by atoms with Crippen LogP contribution in [0.4, 0.5) is 5.95 Å². The molecular weight excluding hydrogens is 310 g/mol. The smallest absolute Gasteiger partial charge is 0.204 e. The summed E-state index contributed by atoms with van der Waals surface area (Å²) in [6, 6.07) is 6.08. The molecule has 0 atom stereocenters. The van der Waals surface area contributed by atoms with E-state index in [1.807, 2.05) is 18.2 Å². The zero-order chi connectivity index (χ0) is 12.5. The molecule has 18 heavy (non-hydrogen) atoms. The lowest BCUT2D eigenvalue weighted by Crippen LogP contribution is -2.31. The number of halogens is 1. The zero-order valence-electron chi connectivity index (χ0n) is 9.95. The summed E-state index contributed by atoms with van der Waals surface area (Å²) in [4.78, 5) is 10.2. The number of aromatic amines is 1. The van der Waals surface area contributed by atoms with E-state index in [1.54, 1.807) is 0 Å². The van der Waals surface area contributed by atoms with Gasteiger partial charge >= 0.3 is 0 Å². The summed E-state index contributed by atoms with van der Waals surface area (Å²) in [6.07, 6.45) is 3.79. The standard InChI is InChI=1S/C13H14BrN3S/c14-9-4-5-11-10(8-9)12(18)16-13(15-11)17-6-2-1-3-7-17/h4-5,8H,1-3,6-7H2,(H,15,16,18). The van der Waals surface area contributed by atoms with Gasteiger partial charge in [0.2, 0.25) is 5.95 Å². The zero-order valence-corrected chi connectivity index (χ0v) is 12.4. The van der Waals surface area contributed by atoms with E-state index in [4.69, 9.17) is 12.2 Å². The second-order valence-electron chi connectivity index (χ2n) is 4.60. The van der Waals surface area contributed by atoms with E-state index in [0.717, 1.165) is 34.4 Å². The van der Waals surface area contributed by atoms with Gasteiger partial charge in [-0.15, -0.1) is 0 Å². The number of hydrogen-bond donors (Lipinski definition) is 1. The quantitative estimate of drug-likeness (QED) is 0.803. The Balaban J connectivity index is 2.09. The maximum Gasteiger partial charge on any atom is 0.204 e. The summed E-state index contributed by atoms with van der Waals surface area (Å²) >= 11 is 8.85. The Bertz CT molecular complexity index is 632. The van der Waals surface area contributed by atoms with Crippen LogP contribution in [0.2, 0.25) is 0 Å². The first-order valence-electron chi connectivity index (χ1n) is 6.18. The normalized spacial score (nSPS) is 16.2. The van der Waals surface area contributed by atoms with Crippen LogP contribution in [-0.2, 0) is 0 Å². The van der Waals surface area contributed by atoms with Gasteiger partial charge in [-0.2, -0.15) is 0 Å². The molecule has 1 N–H and O–H groups in total. The van der Waals surface area contributed by atoms with E-state index in [1.165, 1.54) is 19.3 Å². The van der Waals surface area contributed by atoms with Crippen molar-refractivity contribution in [2.75, 3.05) is 18.0 Å². The van der Waals surface area contributed by atoms with Gasteiger partial charge in [0.1, 0.15) is 4.64 Å². The van der Waals surface area contributed by atoms with Crippen LogP contribution in [-0.4, -0.2) is 23.1 Å². The van der Waals surface area contributed by atoms with Crippen molar-refractivity contribution in [2.24, 2.45) is 0 Å². The van der Waals surface area contributed by atoms with Crippen molar-refractivity contribution in [3.63, 3.8) is 0 Å². The molecule has 0 unspecified atom stereocenters. The molecule has 5 heteroatoms. The first kappa shape index (κ1) is 12.1. The minimum Gasteiger partial charge on any atom is -0.342 e. The molecule has 1 aliphatic rings. The number of hydrogen-bond acceptors (Lipinski definition) is 3. The van der Waals surface area contributed by atoms with Crippen molar-refractivity contribution < 1.29 is 0 Å². The van der Waals surface area contributed by atoms with E-state index >= 15 is 0 Å². The van der Waals surface area contributed by atoms with Crippen LogP contribution in [0.15, 0.2) is 22.7 Å². The van der Waals surface area contributed by atoms with Crippen LogP contribution in [0.25, 0.3) is 10.9 Å². The molecule has 1 saturated heterocycles. The molecule has 0 saturated carbocycles. The second-order valence-corrected chi connectivity index (χ2v) is 5.91. The third-order valence-electron chi connectivity index (χ3n) is 3.32. The number of fused-ring (bicyclic) bond motifs is 1. The fourth-order valence-electron chi connectivity index (χ4n) is 2.36. The van der Waals surface area contributed by atoms with Gasteiger partial charge in [0, 0.05) is 22.9 Å². The Morgan fingerprint density at radius 1 is 1.22 bits per heavy atom. The molecule has 0 amide bonds. The summed E-state index contributed by atoms with van der Waals surface area (Å²) < 4.78 is 1.70. The average molecular weight is 324 g/mol. The molecule has 0 bridgehead atoms. The highest BCUT2D eigenvalue weighted by Gasteiger charge is 2.13. The number of nitrogens with zero attached hydrogens (tertiary/aromatic N) is 2. The highest BCUT2D eigenvalue weighted by Crippen LogP contribution is 2.22. The third-order valence-corrected chi connectivity index (χ3v) is 4.13. The topological polar surface area (TPSA) is 31.9 Å². The highest BCUT2D eigenvalue weighted by atomic mass is 79.9. The summed E-state index contributed by atoms with van der Waals surface area (Å²) in [5.74, 6) is 0.912. The third kappa shape index (κ3) is 2.29. The predicted molar refractivity (Wildman–Crippen MR) is 80.7 cm³/mol. The molecule has 3 nitrogen and oxygen atoms in total. The maximum absolute atomic E-state index is 5.39. The van der Waals surface area contributed by atoms with E-state index < -0.39 is 0 Å². The molecule has 0 aliphatic carbocycles. The second kappa shape index (κ2) is 4.97. The predicted octanol–water partition coefficient (Wildman–Crippen LogP) is 4.05. The van der Waals surface area contributed by atoms with Crippen LogP contribution < -0.4 is 4.90 Å². The van der Waals surface area contributed by atoms with Gasteiger partial charge in [0.05, 0.1) is 5.52 Å². The van der Waals surface area contributed by atoms with Gasteiger partial charge in [0.25, 0.3) is 0 Å². The number of anilines is 1. The van der Waals surface area contributed by atoms with Gasteiger partial charge < -0.3 is 9.88 Å². The van der Waals surface area contributed by atoms with Gasteiger partial charge in [-0.05, 0) is 37.5 Å². The summed E-state index contributed by atoms with van der Waals surface area (Å²) in [5.41, 5.74) is 1.05. The number of aromatic nitrogens is 2. The lowest BCUT2D eigenvalue weighted by molar-refractivity contribution is 0.569. The van der Waals surface area contributed by atoms with Crippen LogP contribution in [0.3, 0.4) is 0 Å². The number of H-pyrrole nitrogens is 1. The summed E-state index contributed by atoms with van der Waals surface area (Å²) in [6.45, 7) is 2.14. The molecule has 2 heterocycles. The lowest BCUT2D eigenvalue weighted by atomic mass is 10.1. The number of nitrogens with one attached hydrogen (secondary N) is 1. The molecule has 1 fully saturated rings. The van der Waals surface area contributed by atoms with Crippen LogP contribution >= 0.6 is 28.1 Å². The Morgan fingerprint density at radius 2 is 2.00 bits per heavy atom. The van der Waals surface area contributed by atoms with E-state index in [2.05, 4.69) is 30.8 Å². The summed E-state index contributed by atoms with van der Waals surface area (Å²) in [5, 5.41) is 1.00. The fraction of sp³-hybridized carbons (Fsp3) is 0.385. The number of piperidine rings is 1. The van der Waals surface area contributed by atoms with E-state index in [-0.39, 0.29) is 0 Å². The Morgan fingerprint density at radius 3 is 2.78 bits per heavy atom. The molecule has 1 aliphatic heterocycles. The highest BCUT2D eigenvalue weighted by molar-refractivity contribution is 9.10. The number of benzene rings is 1. The van der Waals surface area contributed by atoms with Crippen molar-refractivity contribution in [1.82, 2.24) is 9.97 Å². The molecule has 94 valence electrons. The van der Waals surface area contributed by atoms with Gasteiger partial charge in [-0.3, -0.25) is 0 Å². The SMILES string of the molecule is S=c1nc(N2CCCCC2)[nH]c2ccc(Br)cc12. The minimum absolute atomic E-state index is 0.672. The van der Waals surface area contributed by atoms with Crippen molar-refractivity contribution >= 4 is 45.0 Å². The number of rotatable bonds is 1. The van der Waals surface area contributed by atoms with Crippen LogP contribution in [0.5, 0.6) is 0 Å². The monoisotopic (exact) mass is 323 g/mol. The molecule has 2 aromatic rings. The lowest BCUT2D eigenvalue weighted by Gasteiger charge is -2.27. The Hall–Kier alpha value is -0.940. The molecule has 1 aromatic heterocycles. The molecule has 0 radical (unpaired) electrons. The van der Waals surface area contributed by atoms with E-state index in [0.29, 0.717) is 4.64 Å². The minimum atomic E-state index is 0.672. The van der Waals surface area contributed by atoms with Gasteiger partial charge in [0.15, 0.2) is 0 Å². The maximum atomic E-state index is 5.39. The Kier molecular flexibility index (Phi) is 3.35. The first-order valence-corrected chi connectivity index (χ1v) is 7.39. The van der Waals surface area contributed by atoms with Gasteiger partial charge in [-0.1, -0.05) is 28.1 Å². The van der Waals surface area contributed by atoms with Crippen molar-refractivity contribution in [2.45, 2.75) is 19.3 Å². The summed E-state index contributed by atoms with van der Waals surface area (Å²) in [7, 11) is 0. The van der Waals surface area contributed by atoms with Crippen molar-refractivity contribution in [3.8, 4) is 0 Å². The molecule has 1 aromatic carbocycles. The van der Waals surface area contributed by atoms with Crippen molar-refractivity contribution in [3.05, 3.63) is 27.3 Å². The molecule has 3 rings (SSSR count). The van der Waals surface area contributed by atoms with Gasteiger partial charge in [-0.25, -0.2) is 4.98 Å². The van der Waals surface area contributed by atoms with Crippen LogP contribution in [0.1, 0.15) is 19.3 Å². The van der Waals surface area contributed by atoms with Crippen molar-refractivity contribution in [1.29, 1.82) is 0 Å². The van der Waals surface area contributed by atoms with E-state index in [9.17, 15) is 0 Å². The average Bonchev–Trinajstić information content (AvgIpc) is 2.40. The first-order chi connectivity index (χ1) is 8.74.